The molecule has 1 aromatic heterocycles. The van der Waals surface area contributed by atoms with Gasteiger partial charge in [-0.3, -0.25) is 4.79 Å². The third-order valence-electron chi connectivity index (χ3n) is 3.49. The second-order valence-corrected chi connectivity index (χ2v) is 5.96. The van der Waals surface area contributed by atoms with Crippen LogP contribution in [0.1, 0.15) is 22.3 Å². The fourth-order valence-electron chi connectivity index (χ4n) is 2.48. The molecule has 0 bridgehead atoms. The summed E-state index contributed by atoms with van der Waals surface area (Å²) >= 11 is 1.64. The van der Waals surface area contributed by atoms with E-state index < -0.39 is 0 Å². The van der Waals surface area contributed by atoms with Crippen LogP contribution in [0.15, 0.2) is 35.8 Å². The molecule has 3 rings (SSSR count). The van der Waals surface area contributed by atoms with Gasteiger partial charge in [-0.2, -0.15) is 0 Å². The molecule has 0 unspecified atom stereocenters. The Morgan fingerprint density at radius 2 is 2.40 bits per heavy atom. The SMILES string of the molecule is Cc1cccc(C(=O)N[C@@H]2CCN(c3nccs3)C2)c1. The molecular weight excluding hydrogens is 270 g/mol. The van der Waals surface area contributed by atoms with E-state index >= 15 is 0 Å². The molecule has 1 atom stereocenters. The van der Waals surface area contributed by atoms with Crippen LogP contribution in [0.3, 0.4) is 0 Å². The Bertz CT molecular complexity index is 597. The maximum Gasteiger partial charge on any atom is 0.251 e. The number of anilines is 1. The summed E-state index contributed by atoms with van der Waals surface area (Å²) in [6.07, 6.45) is 2.79. The second kappa shape index (κ2) is 5.63. The Morgan fingerprint density at radius 1 is 1.50 bits per heavy atom. The number of hydrogen-bond acceptors (Lipinski definition) is 4. The van der Waals surface area contributed by atoms with Crippen molar-refractivity contribution in [1.82, 2.24) is 10.3 Å². The van der Waals surface area contributed by atoms with Gasteiger partial charge in [-0.15, -0.1) is 11.3 Å². The van der Waals surface area contributed by atoms with Gasteiger partial charge in [0.15, 0.2) is 5.13 Å². The maximum atomic E-state index is 12.2. The van der Waals surface area contributed by atoms with Crippen LogP contribution >= 0.6 is 11.3 Å². The number of aryl methyl sites for hydroxylation is 1. The van der Waals surface area contributed by atoms with E-state index in [9.17, 15) is 4.79 Å². The summed E-state index contributed by atoms with van der Waals surface area (Å²) in [5, 5.41) is 6.13. The second-order valence-electron chi connectivity index (χ2n) is 5.09. The Hall–Kier alpha value is -1.88. The number of rotatable bonds is 3. The number of thiazole rings is 1. The summed E-state index contributed by atoms with van der Waals surface area (Å²) < 4.78 is 0. The van der Waals surface area contributed by atoms with E-state index in [1.54, 1.807) is 11.3 Å². The van der Waals surface area contributed by atoms with Crippen molar-refractivity contribution in [2.24, 2.45) is 0 Å². The Morgan fingerprint density at radius 3 is 3.15 bits per heavy atom. The summed E-state index contributed by atoms with van der Waals surface area (Å²) in [4.78, 5) is 18.7. The Balaban J connectivity index is 1.61. The van der Waals surface area contributed by atoms with Gasteiger partial charge in [0.1, 0.15) is 0 Å². The third-order valence-corrected chi connectivity index (χ3v) is 4.33. The van der Waals surface area contributed by atoms with E-state index in [-0.39, 0.29) is 11.9 Å². The number of carbonyl (C=O) groups excluding carboxylic acids is 1. The van der Waals surface area contributed by atoms with Crippen LogP contribution in [0.4, 0.5) is 5.13 Å². The summed E-state index contributed by atoms with van der Waals surface area (Å²) in [6, 6.07) is 7.89. The van der Waals surface area contributed by atoms with E-state index in [4.69, 9.17) is 0 Å². The average molecular weight is 287 g/mol. The molecule has 0 saturated carbocycles. The van der Waals surface area contributed by atoms with Crippen LogP contribution in [-0.2, 0) is 0 Å². The van der Waals surface area contributed by atoms with Crippen molar-refractivity contribution < 1.29 is 4.79 Å². The molecule has 1 fully saturated rings. The van der Waals surface area contributed by atoms with Gasteiger partial charge in [0, 0.05) is 36.3 Å². The quantitative estimate of drug-likeness (QED) is 0.943. The molecule has 0 spiro atoms. The summed E-state index contributed by atoms with van der Waals surface area (Å²) in [6.45, 7) is 3.79. The minimum Gasteiger partial charge on any atom is -0.347 e. The molecule has 2 heterocycles. The fourth-order valence-corrected chi connectivity index (χ4v) is 3.16. The van der Waals surface area contributed by atoms with Crippen LogP contribution in [0, 0.1) is 6.92 Å². The first-order valence-electron chi connectivity index (χ1n) is 6.74. The maximum absolute atomic E-state index is 12.2. The predicted octanol–water partition coefficient (Wildman–Crippen LogP) is 2.46. The highest BCUT2D eigenvalue weighted by molar-refractivity contribution is 7.13. The summed E-state index contributed by atoms with van der Waals surface area (Å²) in [5.74, 6) is 0.0136. The zero-order chi connectivity index (χ0) is 13.9. The Kier molecular flexibility index (Phi) is 3.69. The molecule has 20 heavy (non-hydrogen) atoms. The van der Waals surface area contributed by atoms with Crippen LogP contribution in [0.25, 0.3) is 0 Å². The first-order chi connectivity index (χ1) is 9.72. The zero-order valence-corrected chi connectivity index (χ0v) is 12.2. The minimum atomic E-state index is 0.0136. The number of hydrogen-bond donors (Lipinski definition) is 1. The number of nitrogens with zero attached hydrogens (tertiary/aromatic N) is 2. The number of carbonyl (C=O) groups is 1. The molecule has 0 aliphatic carbocycles. The molecule has 2 aromatic rings. The van der Waals surface area contributed by atoms with Crippen LogP contribution < -0.4 is 10.2 Å². The normalized spacial score (nSPS) is 18.2. The molecule has 104 valence electrons. The van der Waals surface area contributed by atoms with Crippen molar-refractivity contribution in [1.29, 1.82) is 0 Å². The first kappa shape index (κ1) is 13.1. The smallest absolute Gasteiger partial charge is 0.251 e. The van der Waals surface area contributed by atoms with E-state index in [0.29, 0.717) is 0 Å². The van der Waals surface area contributed by atoms with Gasteiger partial charge in [-0.05, 0) is 25.5 Å². The molecule has 1 aromatic carbocycles. The molecule has 4 nitrogen and oxygen atoms in total. The van der Waals surface area contributed by atoms with Crippen molar-refractivity contribution in [2.45, 2.75) is 19.4 Å². The van der Waals surface area contributed by atoms with E-state index in [1.807, 2.05) is 42.8 Å². The fraction of sp³-hybridized carbons (Fsp3) is 0.333. The lowest BCUT2D eigenvalue weighted by molar-refractivity contribution is 0.0940. The summed E-state index contributed by atoms with van der Waals surface area (Å²) in [5.41, 5.74) is 1.84. The minimum absolute atomic E-state index is 0.0136. The lowest BCUT2D eigenvalue weighted by Gasteiger charge is -2.15. The number of aromatic nitrogens is 1. The lowest BCUT2D eigenvalue weighted by Crippen LogP contribution is -2.37. The van der Waals surface area contributed by atoms with E-state index in [0.717, 1.165) is 35.8 Å². The first-order valence-corrected chi connectivity index (χ1v) is 7.62. The zero-order valence-electron chi connectivity index (χ0n) is 11.4. The molecule has 5 heteroatoms. The van der Waals surface area contributed by atoms with Crippen molar-refractivity contribution >= 4 is 22.4 Å². The average Bonchev–Trinajstić information content (AvgIpc) is 3.08. The molecule has 0 radical (unpaired) electrons. The Labute approximate surface area is 122 Å². The van der Waals surface area contributed by atoms with E-state index in [1.165, 1.54) is 0 Å². The number of nitrogens with one attached hydrogen (secondary N) is 1. The topological polar surface area (TPSA) is 45.2 Å². The highest BCUT2D eigenvalue weighted by Crippen LogP contribution is 2.22. The molecule has 1 N–H and O–H groups in total. The highest BCUT2D eigenvalue weighted by Gasteiger charge is 2.25. The van der Waals surface area contributed by atoms with Crippen molar-refractivity contribution in [3.8, 4) is 0 Å². The monoisotopic (exact) mass is 287 g/mol. The molecular formula is C15H17N3OS. The van der Waals surface area contributed by atoms with Crippen molar-refractivity contribution in [3.05, 3.63) is 47.0 Å². The number of amides is 1. The largest absolute Gasteiger partial charge is 0.347 e. The molecule has 1 aliphatic rings. The summed E-state index contributed by atoms with van der Waals surface area (Å²) in [7, 11) is 0. The van der Waals surface area contributed by atoms with Gasteiger partial charge in [0.05, 0.1) is 0 Å². The molecule has 1 amide bonds. The third kappa shape index (κ3) is 2.82. The van der Waals surface area contributed by atoms with Crippen LogP contribution in [0.2, 0.25) is 0 Å². The standard InChI is InChI=1S/C15H17N3OS/c1-11-3-2-4-12(9-11)14(19)17-13-5-7-18(10-13)15-16-6-8-20-15/h2-4,6,8-9,13H,5,7,10H2,1H3,(H,17,19)/t13-/m1/s1. The molecule has 1 aliphatic heterocycles. The predicted molar refractivity (Wildman–Crippen MR) is 81.4 cm³/mol. The van der Waals surface area contributed by atoms with Gasteiger partial charge in [0.25, 0.3) is 5.91 Å². The number of benzene rings is 1. The highest BCUT2D eigenvalue weighted by atomic mass is 32.1. The van der Waals surface area contributed by atoms with Gasteiger partial charge in [-0.1, -0.05) is 17.7 Å². The van der Waals surface area contributed by atoms with Gasteiger partial charge < -0.3 is 10.2 Å². The van der Waals surface area contributed by atoms with Crippen LogP contribution in [-0.4, -0.2) is 30.0 Å². The van der Waals surface area contributed by atoms with Gasteiger partial charge in [0.2, 0.25) is 0 Å². The van der Waals surface area contributed by atoms with E-state index in [2.05, 4.69) is 15.2 Å². The van der Waals surface area contributed by atoms with Gasteiger partial charge in [-0.25, -0.2) is 4.98 Å². The van der Waals surface area contributed by atoms with Crippen molar-refractivity contribution in [3.63, 3.8) is 0 Å². The van der Waals surface area contributed by atoms with Crippen molar-refractivity contribution in [2.75, 3.05) is 18.0 Å². The lowest BCUT2D eigenvalue weighted by atomic mass is 10.1. The molecule has 1 saturated heterocycles. The van der Waals surface area contributed by atoms with Crippen LogP contribution in [0.5, 0.6) is 0 Å². The van der Waals surface area contributed by atoms with Gasteiger partial charge >= 0.3 is 0 Å².